The van der Waals surface area contributed by atoms with Gasteiger partial charge in [-0.1, -0.05) is 47.1 Å². The third kappa shape index (κ3) is 5.92. The highest BCUT2D eigenvalue weighted by Crippen LogP contribution is 2.22. The molecule has 2 aromatic rings. The maximum atomic E-state index is 12.0. The van der Waals surface area contributed by atoms with Crippen molar-refractivity contribution in [2.24, 2.45) is 10.9 Å². The van der Waals surface area contributed by atoms with Crippen LogP contribution in [0.25, 0.3) is 0 Å². The Labute approximate surface area is 144 Å². The summed E-state index contributed by atoms with van der Waals surface area (Å²) in [5.41, 5.74) is 6.82. The monoisotopic (exact) mass is 351 g/mol. The molecule has 0 aliphatic carbocycles. The summed E-state index contributed by atoms with van der Waals surface area (Å²) < 4.78 is 0.704. The molecule has 0 fully saturated rings. The van der Waals surface area contributed by atoms with Crippen molar-refractivity contribution in [3.05, 3.63) is 57.2 Å². The zero-order valence-corrected chi connectivity index (χ0v) is 14.3. The Morgan fingerprint density at radius 2 is 2.04 bits per heavy atom. The zero-order chi connectivity index (χ0) is 16.7. The lowest BCUT2D eigenvalue weighted by Gasteiger charge is -2.15. The van der Waals surface area contributed by atoms with Gasteiger partial charge in [0.25, 0.3) is 5.91 Å². The van der Waals surface area contributed by atoms with Gasteiger partial charge in [-0.2, -0.15) is 0 Å². The third-order valence-electron chi connectivity index (χ3n) is 3.05. The van der Waals surface area contributed by atoms with E-state index in [4.69, 9.17) is 22.2 Å². The topological polar surface area (TPSA) is 67.9 Å². The standard InChI is InChI=1S/C16H18ClN3O2S/c1-20(10-13-7-8-14(17)23-13)16(21)11-22-19-15(18)9-12-5-3-2-4-6-12/h2-8H,9-11H2,1H3,(H2,18,19). The van der Waals surface area contributed by atoms with Crippen molar-refractivity contribution in [3.63, 3.8) is 0 Å². The Morgan fingerprint density at radius 1 is 1.30 bits per heavy atom. The van der Waals surface area contributed by atoms with Crippen LogP contribution in [0.15, 0.2) is 47.6 Å². The molecule has 1 heterocycles. The fraction of sp³-hybridized carbons (Fsp3) is 0.250. The lowest BCUT2D eigenvalue weighted by atomic mass is 10.1. The van der Waals surface area contributed by atoms with Crippen LogP contribution < -0.4 is 5.73 Å². The molecule has 2 N–H and O–H groups in total. The SMILES string of the molecule is CN(Cc1ccc(Cl)s1)C(=O)CO/N=C(/N)Cc1ccccc1. The molecule has 1 amide bonds. The molecule has 2 rings (SSSR count). The summed E-state index contributed by atoms with van der Waals surface area (Å²) in [6.45, 7) is 0.341. The van der Waals surface area contributed by atoms with Crippen LogP contribution in [0.3, 0.4) is 0 Å². The van der Waals surface area contributed by atoms with Crippen LogP contribution in [0.1, 0.15) is 10.4 Å². The van der Waals surface area contributed by atoms with Gasteiger partial charge in [-0.3, -0.25) is 4.79 Å². The molecule has 0 aliphatic rings. The minimum atomic E-state index is -0.175. The third-order valence-corrected chi connectivity index (χ3v) is 4.26. The Hall–Kier alpha value is -2.05. The van der Waals surface area contributed by atoms with Gasteiger partial charge in [0.05, 0.1) is 10.9 Å². The molecule has 0 radical (unpaired) electrons. The largest absolute Gasteiger partial charge is 0.384 e. The fourth-order valence-electron chi connectivity index (χ4n) is 1.88. The summed E-state index contributed by atoms with van der Waals surface area (Å²) in [7, 11) is 1.70. The lowest BCUT2D eigenvalue weighted by Crippen LogP contribution is -2.29. The van der Waals surface area contributed by atoms with Crippen molar-refractivity contribution >= 4 is 34.7 Å². The Kier molecular flexibility index (Phi) is 6.43. The van der Waals surface area contributed by atoms with Gasteiger partial charge >= 0.3 is 0 Å². The van der Waals surface area contributed by atoms with E-state index < -0.39 is 0 Å². The minimum Gasteiger partial charge on any atom is -0.384 e. The van der Waals surface area contributed by atoms with E-state index >= 15 is 0 Å². The van der Waals surface area contributed by atoms with E-state index in [1.54, 1.807) is 11.9 Å². The molecule has 5 nitrogen and oxygen atoms in total. The molecule has 0 saturated carbocycles. The first kappa shape index (κ1) is 17.3. The van der Waals surface area contributed by atoms with Crippen LogP contribution in [0.5, 0.6) is 0 Å². The first-order valence-corrected chi connectivity index (χ1v) is 8.20. The second-order valence-corrected chi connectivity index (χ2v) is 6.77. The van der Waals surface area contributed by atoms with Crippen LogP contribution in [0.4, 0.5) is 0 Å². The van der Waals surface area contributed by atoms with Crippen molar-refractivity contribution in [1.29, 1.82) is 0 Å². The number of likely N-dealkylation sites (N-methyl/N-ethyl adjacent to an activating group) is 1. The molecule has 0 atom stereocenters. The van der Waals surface area contributed by atoms with E-state index in [-0.39, 0.29) is 12.5 Å². The van der Waals surface area contributed by atoms with Crippen molar-refractivity contribution in [3.8, 4) is 0 Å². The number of carbonyl (C=O) groups is 1. The second-order valence-electron chi connectivity index (χ2n) is 4.97. The van der Waals surface area contributed by atoms with Gasteiger partial charge in [0.1, 0.15) is 5.84 Å². The molecule has 0 saturated heterocycles. The van der Waals surface area contributed by atoms with Gasteiger partial charge in [0, 0.05) is 18.3 Å². The number of oxime groups is 1. The first-order valence-electron chi connectivity index (χ1n) is 7.01. The number of rotatable bonds is 7. The fourth-order valence-corrected chi connectivity index (χ4v) is 3.02. The predicted molar refractivity (Wildman–Crippen MR) is 93.5 cm³/mol. The maximum absolute atomic E-state index is 12.0. The van der Waals surface area contributed by atoms with Crippen LogP contribution in [0, 0.1) is 0 Å². The highest BCUT2D eigenvalue weighted by atomic mass is 35.5. The number of hydrogen-bond acceptors (Lipinski definition) is 4. The van der Waals surface area contributed by atoms with Crippen LogP contribution in [-0.2, 0) is 22.6 Å². The summed E-state index contributed by atoms with van der Waals surface area (Å²) in [5.74, 6) is 0.155. The molecule has 0 spiro atoms. The maximum Gasteiger partial charge on any atom is 0.263 e. The molecular weight excluding hydrogens is 334 g/mol. The minimum absolute atomic E-state index is 0.148. The quantitative estimate of drug-likeness (QED) is 0.474. The molecule has 1 aromatic heterocycles. The van der Waals surface area contributed by atoms with Gasteiger partial charge in [-0.25, -0.2) is 0 Å². The van der Waals surface area contributed by atoms with Crippen molar-refractivity contribution < 1.29 is 9.63 Å². The van der Waals surface area contributed by atoms with Crippen LogP contribution >= 0.6 is 22.9 Å². The molecule has 7 heteroatoms. The molecule has 0 bridgehead atoms. The highest BCUT2D eigenvalue weighted by Gasteiger charge is 2.11. The van der Waals surface area contributed by atoms with Crippen molar-refractivity contribution in [2.45, 2.75) is 13.0 Å². The number of benzene rings is 1. The molecule has 1 aromatic carbocycles. The summed E-state index contributed by atoms with van der Waals surface area (Å²) in [4.78, 5) is 19.6. The molecule has 23 heavy (non-hydrogen) atoms. The van der Waals surface area contributed by atoms with Gasteiger partial charge in [0.2, 0.25) is 0 Å². The normalized spacial score (nSPS) is 11.3. The van der Waals surface area contributed by atoms with Gasteiger partial charge in [-0.15, -0.1) is 11.3 Å². The summed E-state index contributed by atoms with van der Waals surface area (Å²) in [6, 6.07) is 13.4. The lowest BCUT2D eigenvalue weighted by molar-refractivity contribution is -0.135. The average Bonchev–Trinajstić information content (AvgIpc) is 2.93. The summed E-state index contributed by atoms with van der Waals surface area (Å²) in [5, 5.41) is 3.78. The smallest absolute Gasteiger partial charge is 0.263 e. The second kappa shape index (κ2) is 8.55. The van der Waals surface area contributed by atoms with Crippen LogP contribution in [-0.4, -0.2) is 30.3 Å². The predicted octanol–water partition coefficient (Wildman–Crippen LogP) is 2.89. The van der Waals surface area contributed by atoms with Crippen molar-refractivity contribution in [2.75, 3.05) is 13.7 Å². The Bertz CT molecular complexity index is 673. The number of hydrogen-bond donors (Lipinski definition) is 1. The number of amides is 1. The number of nitrogens with zero attached hydrogens (tertiary/aromatic N) is 2. The van der Waals surface area contributed by atoms with Crippen molar-refractivity contribution in [1.82, 2.24) is 4.90 Å². The number of nitrogens with two attached hydrogens (primary N) is 1. The number of amidine groups is 1. The number of thiophene rings is 1. The van der Waals surface area contributed by atoms with E-state index in [0.717, 1.165) is 10.4 Å². The Morgan fingerprint density at radius 3 is 2.70 bits per heavy atom. The summed E-state index contributed by atoms with van der Waals surface area (Å²) >= 11 is 7.31. The zero-order valence-electron chi connectivity index (χ0n) is 12.7. The number of carbonyl (C=O) groups excluding carboxylic acids is 1. The molecular formula is C16H18ClN3O2S. The van der Waals surface area contributed by atoms with E-state index in [1.165, 1.54) is 11.3 Å². The van der Waals surface area contributed by atoms with E-state index in [9.17, 15) is 4.79 Å². The van der Waals surface area contributed by atoms with Gasteiger partial charge < -0.3 is 15.5 Å². The number of halogens is 1. The van der Waals surface area contributed by atoms with Gasteiger partial charge in [0.15, 0.2) is 6.61 Å². The Balaban J connectivity index is 1.76. The van der Waals surface area contributed by atoms with E-state index in [1.807, 2.05) is 42.5 Å². The molecule has 0 unspecified atom stereocenters. The van der Waals surface area contributed by atoms with E-state index in [0.29, 0.717) is 23.1 Å². The van der Waals surface area contributed by atoms with Crippen LogP contribution in [0.2, 0.25) is 4.34 Å². The van der Waals surface area contributed by atoms with E-state index in [2.05, 4.69) is 5.16 Å². The van der Waals surface area contributed by atoms with Gasteiger partial charge in [-0.05, 0) is 17.7 Å². The highest BCUT2D eigenvalue weighted by molar-refractivity contribution is 7.16. The first-order chi connectivity index (χ1) is 11.0. The molecule has 122 valence electrons. The average molecular weight is 352 g/mol. The summed E-state index contributed by atoms with van der Waals surface area (Å²) in [6.07, 6.45) is 0.485. The molecule has 0 aliphatic heterocycles.